The molecule has 3 aromatic heterocycles. The average molecular weight is 386 g/mol. The van der Waals surface area contributed by atoms with Crippen molar-refractivity contribution >= 4 is 34.6 Å². The van der Waals surface area contributed by atoms with Gasteiger partial charge in [0.25, 0.3) is 0 Å². The monoisotopic (exact) mass is 386 g/mol. The van der Waals surface area contributed by atoms with Crippen molar-refractivity contribution in [3.8, 4) is 11.4 Å². The average Bonchev–Trinajstić information content (AvgIpc) is 3.27. The Kier molecular flexibility index (Phi) is 4.90. The number of rotatable bonds is 4. The first-order valence-corrected chi connectivity index (χ1v) is 9.60. The molecule has 3 aromatic rings. The fourth-order valence-corrected chi connectivity index (χ4v) is 3.49. The highest BCUT2D eigenvalue weighted by Crippen LogP contribution is 2.32. The van der Waals surface area contributed by atoms with Gasteiger partial charge in [0, 0.05) is 24.2 Å². The van der Waals surface area contributed by atoms with Crippen LogP contribution in [0.3, 0.4) is 0 Å². The molecule has 0 bridgehead atoms. The van der Waals surface area contributed by atoms with Crippen molar-refractivity contribution in [1.29, 1.82) is 0 Å². The van der Waals surface area contributed by atoms with Crippen molar-refractivity contribution in [2.75, 3.05) is 44.6 Å². The van der Waals surface area contributed by atoms with E-state index in [0.717, 1.165) is 10.5 Å². The maximum absolute atomic E-state index is 12.1. The molecule has 1 fully saturated rings. The number of carbonyl (C=O) groups is 1. The molecule has 0 saturated carbocycles. The van der Waals surface area contributed by atoms with Gasteiger partial charge in [0.05, 0.1) is 32.1 Å². The first kappa shape index (κ1) is 17.7. The van der Waals surface area contributed by atoms with Crippen LogP contribution in [0.25, 0.3) is 22.4 Å². The van der Waals surface area contributed by atoms with E-state index in [9.17, 15) is 4.79 Å². The molecule has 1 saturated heterocycles. The number of hydrogen-bond acceptors (Lipinski definition) is 9. The summed E-state index contributed by atoms with van der Waals surface area (Å²) in [7, 11) is 1.34. The molecule has 1 N–H and O–H groups in total. The van der Waals surface area contributed by atoms with Crippen LogP contribution in [0.5, 0.6) is 0 Å². The van der Waals surface area contributed by atoms with Crippen molar-refractivity contribution in [1.82, 2.24) is 25.1 Å². The minimum absolute atomic E-state index is 0.239. The molecular weight excluding hydrogens is 368 g/mol. The van der Waals surface area contributed by atoms with E-state index in [1.807, 2.05) is 6.26 Å². The number of nitrogens with zero attached hydrogens (tertiary/aromatic N) is 5. The maximum Gasteiger partial charge on any atom is 0.356 e. The van der Waals surface area contributed by atoms with Gasteiger partial charge in [0.2, 0.25) is 0 Å². The number of hydrogen-bond donors (Lipinski definition) is 1. The number of morpholine rings is 1. The van der Waals surface area contributed by atoms with Crippen LogP contribution in [0.4, 0.5) is 5.82 Å². The molecule has 0 spiro atoms. The lowest BCUT2D eigenvalue weighted by Crippen LogP contribution is -2.37. The summed E-state index contributed by atoms with van der Waals surface area (Å²) in [6.07, 6.45) is 5.36. The van der Waals surface area contributed by atoms with Crippen LogP contribution in [-0.4, -0.2) is 70.8 Å². The number of esters is 1. The molecule has 0 aliphatic carbocycles. The lowest BCUT2D eigenvalue weighted by molar-refractivity contribution is 0.0594. The predicted octanol–water partition coefficient (Wildman–Crippen LogP) is 1.76. The third-order valence-electron chi connectivity index (χ3n) is 4.28. The Bertz CT molecular complexity index is 972. The summed E-state index contributed by atoms with van der Waals surface area (Å²) >= 11 is 1.50. The molecule has 9 nitrogen and oxygen atoms in total. The number of carbonyl (C=O) groups excluding carboxylic acids is 1. The Morgan fingerprint density at radius 2 is 2.07 bits per heavy atom. The third kappa shape index (κ3) is 3.33. The number of anilines is 1. The van der Waals surface area contributed by atoms with Crippen LogP contribution < -0.4 is 4.90 Å². The fourth-order valence-electron chi connectivity index (χ4n) is 2.93. The smallest absolute Gasteiger partial charge is 0.356 e. The number of nitrogens with one attached hydrogen (secondary N) is 1. The molecule has 140 valence electrons. The van der Waals surface area contributed by atoms with Crippen LogP contribution in [0.1, 0.15) is 10.5 Å². The number of H-pyrrole nitrogens is 1. The van der Waals surface area contributed by atoms with E-state index in [4.69, 9.17) is 19.4 Å². The van der Waals surface area contributed by atoms with Crippen molar-refractivity contribution in [3.05, 3.63) is 24.2 Å². The lowest BCUT2D eigenvalue weighted by Gasteiger charge is -2.28. The highest BCUT2D eigenvalue weighted by molar-refractivity contribution is 7.98. The Balaban J connectivity index is 1.98. The summed E-state index contributed by atoms with van der Waals surface area (Å²) in [5, 5.41) is 6.78. The van der Waals surface area contributed by atoms with E-state index in [-0.39, 0.29) is 5.69 Å². The van der Waals surface area contributed by atoms with Gasteiger partial charge in [-0.25, -0.2) is 19.7 Å². The Morgan fingerprint density at radius 1 is 1.26 bits per heavy atom. The van der Waals surface area contributed by atoms with E-state index in [0.29, 0.717) is 49.0 Å². The van der Waals surface area contributed by atoms with Gasteiger partial charge in [0.1, 0.15) is 16.7 Å². The van der Waals surface area contributed by atoms with Gasteiger partial charge in [0.15, 0.2) is 11.6 Å². The van der Waals surface area contributed by atoms with Gasteiger partial charge in [-0.15, -0.1) is 11.8 Å². The van der Waals surface area contributed by atoms with Crippen LogP contribution in [0.2, 0.25) is 0 Å². The molecular formula is C17H18N6O3S. The van der Waals surface area contributed by atoms with Crippen LogP contribution in [0.15, 0.2) is 23.4 Å². The first-order valence-electron chi connectivity index (χ1n) is 8.38. The number of fused-ring (bicyclic) bond motifs is 1. The molecule has 0 unspecified atom stereocenters. The highest BCUT2D eigenvalue weighted by Gasteiger charge is 2.23. The van der Waals surface area contributed by atoms with Gasteiger partial charge >= 0.3 is 5.97 Å². The van der Waals surface area contributed by atoms with Crippen molar-refractivity contribution < 1.29 is 14.3 Å². The number of aromatic nitrogens is 5. The molecule has 10 heteroatoms. The molecule has 27 heavy (non-hydrogen) atoms. The molecule has 1 aliphatic rings. The van der Waals surface area contributed by atoms with Gasteiger partial charge in [-0.2, -0.15) is 5.10 Å². The normalized spacial score (nSPS) is 14.5. The summed E-state index contributed by atoms with van der Waals surface area (Å²) in [6.45, 7) is 2.60. The van der Waals surface area contributed by atoms with E-state index < -0.39 is 5.97 Å². The molecule has 4 heterocycles. The molecule has 0 aromatic carbocycles. The SMILES string of the molecule is COC(=O)c1cc(SC)c2nc(-c3cn[nH]c3)nc(N3CCOCC3)c2n1. The zero-order chi connectivity index (χ0) is 18.8. The number of thioether (sulfide) groups is 1. The second kappa shape index (κ2) is 7.49. The number of aromatic amines is 1. The molecule has 0 radical (unpaired) electrons. The minimum atomic E-state index is -0.487. The van der Waals surface area contributed by atoms with Crippen molar-refractivity contribution in [3.63, 3.8) is 0 Å². The lowest BCUT2D eigenvalue weighted by atomic mass is 10.2. The molecule has 0 amide bonds. The van der Waals surface area contributed by atoms with E-state index >= 15 is 0 Å². The Hall–Kier alpha value is -2.72. The number of ether oxygens (including phenoxy) is 2. The summed E-state index contributed by atoms with van der Waals surface area (Å²) in [5.41, 5.74) is 2.30. The second-order valence-electron chi connectivity index (χ2n) is 5.86. The number of methoxy groups -OCH3 is 1. The largest absolute Gasteiger partial charge is 0.464 e. The zero-order valence-corrected chi connectivity index (χ0v) is 15.7. The Labute approximate surface area is 159 Å². The molecule has 4 rings (SSSR count). The van der Waals surface area contributed by atoms with Crippen LogP contribution in [-0.2, 0) is 9.47 Å². The van der Waals surface area contributed by atoms with E-state index in [1.165, 1.54) is 18.9 Å². The minimum Gasteiger partial charge on any atom is -0.464 e. The highest BCUT2D eigenvalue weighted by atomic mass is 32.2. The van der Waals surface area contributed by atoms with Crippen molar-refractivity contribution in [2.45, 2.75) is 4.90 Å². The van der Waals surface area contributed by atoms with Gasteiger partial charge in [-0.05, 0) is 12.3 Å². The van der Waals surface area contributed by atoms with E-state index in [1.54, 1.807) is 18.5 Å². The van der Waals surface area contributed by atoms with Crippen LogP contribution >= 0.6 is 11.8 Å². The van der Waals surface area contributed by atoms with Gasteiger partial charge < -0.3 is 14.4 Å². The summed E-state index contributed by atoms with van der Waals surface area (Å²) in [5.74, 6) is 0.750. The maximum atomic E-state index is 12.1. The zero-order valence-electron chi connectivity index (χ0n) is 14.9. The Morgan fingerprint density at radius 3 is 2.74 bits per heavy atom. The molecule has 1 aliphatic heterocycles. The second-order valence-corrected chi connectivity index (χ2v) is 6.70. The number of pyridine rings is 1. The third-order valence-corrected chi connectivity index (χ3v) is 5.03. The summed E-state index contributed by atoms with van der Waals surface area (Å²) < 4.78 is 10.3. The van der Waals surface area contributed by atoms with Crippen LogP contribution in [0, 0.1) is 0 Å². The topological polar surface area (TPSA) is 106 Å². The van der Waals surface area contributed by atoms with E-state index in [2.05, 4.69) is 20.1 Å². The fraction of sp³-hybridized carbons (Fsp3) is 0.353. The quantitative estimate of drug-likeness (QED) is 0.530. The standard InChI is InChI=1S/C17H18N6O3S/c1-25-17(24)11-7-12(27-2)13-14(20-11)16(23-3-5-26-6-4-23)22-15(21-13)10-8-18-19-9-10/h7-9H,3-6H2,1-2H3,(H,18,19). The molecule has 0 atom stereocenters. The predicted molar refractivity (Wildman–Crippen MR) is 101 cm³/mol. The summed E-state index contributed by atoms with van der Waals surface area (Å²) in [4.78, 5) is 29.0. The van der Waals surface area contributed by atoms with Gasteiger partial charge in [-0.3, -0.25) is 5.10 Å². The van der Waals surface area contributed by atoms with Crippen molar-refractivity contribution in [2.24, 2.45) is 0 Å². The summed E-state index contributed by atoms with van der Waals surface area (Å²) in [6, 6.07) is 1.70. The van der Waals surface area contributed by atoms with Gasteiger partial charge in [-0.1, -0.05) is 0 Å². The first-order chi connectivity index (χ1) is 13.2.